The molecule has 2 aliphatic rings. The Bertz CT molecular complexity index is 291. The van der Waals surface area contributed by atoms with Crippen molar-refractivity contribution >= 4 is 0 Å². The number of rotatable bonds is 7. The highest BCUT2D eigenvalue weighted by molar-refractivity contribution is 4.87. The quantitative estimate of drug-likeness (QED) is 0.779. The summed E-state index contributed by atoms with van der Waals surface area (Å²) in [5.41, 5.74) is 0.364. The highest BCUT2D eigenvalue weighted by Crippen LogP contribution is 2.24. The van der Waals surface area contributed by atoms with Crippen LogP contribution in [0.25, 0.3) is 0 Å². The Morgan fingerprint density at radius 1 is 1.14 bits per heavy atom. The molecule has 3 heteroatoms. The van der Waals surface area contributed by atoms with E-state index in [2.05, 4.69) is 42.8 Å². The lowest BCUT2D eigenvalue weighted by Crippen LogP contribution is -2.43. The maximum absolute atomic E-state index is 3.76. The minimum atomic E-state index is 0.364. The van der Waals surface area contributed by atoms with Gasteiger partial charge in [-0.05, 0) is 70.2 Å². The average Bonchev–Trinajstić information content (AvgIpc) is 3.08. The molecule has 0 aliphatic carbocycles. The molecule has 0 aromatic heterocycles. The van der Waals surface area contributed by atoms with Gasteiger partial charge in [-0.15, -0.1) is 0 Å². The van der Waals surface area contributed by atoms with E-state index in [1.165, 1.54) is 64.8 Å². The van der Waals surface area contributed by atoms with Crippen molar-refractivity contribution in [3.8, 4) is 0 Å². The fourth-order valence-corrected chi connectivity index (χ4v) is 3.89. The highest BCUT2D eigenvalue weighted by Gasteiger charge is 2.30. The second-order valence-corrected chi connectivity index (χ2v) is 8.15. The van der Waals surface area contributed by atoms with Crippen LogP contribution in [-0.2, 0) is 0 Å². The third-order valence-electron chi connectivity index (χ3n) is 5.32. The number of hydrogen-bond donors (Lipinski definition) is 1. The Hall–Kier alpha value is -0.120. The molecule has 1 N–H and O–H groups in total. The standard InChI is InChI=1S/C18H37N3/c1-5-10-19-17(18(2,3)4)9-14-20-13-8-16(15-20)21-11-6-7-12-21/h16-17,19H,5-15H2,1-4H3. The van der Waals surface area contributed by atoms with Gasteiger partial charge in [-0.1, -0.05) is 27.7 Å². The highest BCUT2D eigenvalue weighted by atomic mass is 15.3. The summed E-state index contributed by atoms with van der Waals surface area (Å²) in [4.78, 5) is 5.44. The molecule has 124 valence electrons. The van der Waals surface area contributed by atoms with Crippen LogP contribution in [0.2, 0.25) is 0 Å². The summed E-state index contributed by atoms with van der Waals surface area (Å²) in [6.07, 6.45) is 6.75. The van der Waals surface area contributed by atoms with E-state index in [9.17, 15) is 0 Å². The number of nitrogens with one attached hydrogen (secondary N) is 1. The zero-order chi connectivity index (χ0) is 15.3. The lowest BCUT2D eigenvalue weighted by Gasteiger charge is -2.33. The van der Waals surface area contributed by atoms with Gasteiger partial charge < -0.3 is 10.2 Å². The monoisotopic (exact) mass is 295 g/mol. The van der Waals surface area contributed by atoms with Crippen molar-refractivity contribution in [2.24, 2.45) is 5.41 Å². The summed E-state index contributed by atoms with van der Waals surface area (Å²) < 4.78 is 0. The van der Waals surface area contributed by atoms with E-state index in [4.69, 9.17) is 0 Å². The predicted octanol–water partition coefficient (Wildman–Crippen LogP) is 2.96. The van der Waals surface area contributed by atoms with Gasteiger partial charge in [0.25, 0.3) is 0 Å². The van der Waals surface area contributed by atoms with Crippen LogP contribution in [0.15, 0.2) is 0 Å². The fourth-order valence-electron chi connectivity index (χ4n) is 3.89. The van der Waals surface area contributed by atoms with Gasteiger partial charge in [0.2, 0.25) is 0 Å². The Morgan fingerprint density at radius 3 is 2.48 bits per heavy atom. The molecular formula is C18H37N3. The molecule has 0 saturated carbocycles. The third-order valence-corrected chi connectivity index (χ3v) is 5.32. The van der Waals surface area contributed by atoms with Crippen LogP contribution in [-0.4, -0.2) is 61.2 Å². The molecule has 0 aromatic rings. The first-order valence-corrected chi connectivity index (χ1v) is 9.20. The van der Waals surface area contributed by atoms with Crippen LogP contribution in [0.4, 0.5) is 0 Å². The van der Waals surface area contributed by atoms with Crippen LogP contribution < -0.4 is 5.32 Å². The van der Waals surface area contributed by atoms with E-state index in [0.717, 1.165) is 12.6 Å². The fraction of sp³-hybridized carbons (Fsp3) is 1.00. The van der Waals surface area contributed by atoms with Gasteiger partial charge in [-0.3, -0.25) is 4.90 Å². The lowest BCUT2D eigenvalue weighted by atomic mass is 9.84. The largest absolute Gasteiger partial charge is 0.313 e. The Labute approximate surface area is 132 Å². The van der Waals surface area contributed by atoms with Gasteiger partial charge in [0.15, 0.2) is 0 Å². The van der Waals surface area contributed by atoms with E-state index >= 15 is 0 Å². The van der Waals surface area contributed by atoms with Gasteiger partial charge in [0, 0.05) is 18.6 Å². The Morgan fingerprint density at radius 2 is 1.86 bits per heavy atom. The maximum Gasteiger partial charge on any atom is 0.0235 e. The van der Waals surface area contributed by atoms with Crippen LogP contribution in [0.1, 0.15) is 59.8 Å². The van der Waals surface area contributed by atoms with Crippen molar-refractivity contribution in [2.45, 2.75) is 71.9 Å². The van der Waals surface area contributed by atoms with Crippen molar-refractivity contribution in [3.63, 3.8) is 0 Å². The van der Waals surface area contributed by atoms with Crippen LogP contribution in [0.3, 0.4) is 0 Å². The van der Waals surface area contributed by atoms with E-state index in [1.807, 2.05) is 0 Å². The van der Waals surface area contributed by atoms with Gasteiger partial charge in [0.1, 0.15) is 0 Å². The summed E-state index contributed by atoms with van der Waals surface area (Å²) in [5, 5.41) is 3.76. The summed E-state index contributed by atoms with van der Waals surface area (Å²) in [6.45, 7) is 17.1. The van der Waals surface area contributed by atoms with Crippen LogP contribution in [0.5, 0.6) is 0 Å². The molecule has 0 amide bonds. The van der Waals surface area contributed by atoms with E-state index in [1.54, 1.807) is 0 Å². The minimum Gasteiger partial charge on any atom is -0.313 e. The molecule has 2 saturated heterocycles. The van der Waals surface area contributed by atoms with Crippen molar-refractivity contribution < 1.29 is 0 Å². The van der Waals surface area contributed by atoms with Gasteiger partial charge in [0.05, 0.1) is 0 Å². The van der Waals surface area contributed by atoms with Gasteiger partial charge in [-0.25, -0.2) is 0 Å². The number of nitrogens with zero attached hydrogens (tertiary/aromatic N) is 2. The third kappa shape index (κ3) is 5.22. The van der Waals surface area contributed by atoms with Crippen molar-refractivity contribution in [2.75, 3.05) is 39.3 Å². The molecule has 2 fully saturated rings. The first-order chi connectivity index (χ1) is 10.0. The first-order valence-electron chi connectivity index (χ1n) is 9.20. The van der Waals surface area contributed by atoms with E-state index < -0.39 is 0 Å². The summed E-state index contributed by atoms with van der Waals surface area (Å²) >= 11 is 0. The van der Waals surface area contributed by atoms with Crippen molar-refractivity contribution in [3.05, 3.63) is 0 Å². The molecule has 2 atom stereocenters. The van der Waals surface area contributed by atoms with Gasteiger partial charge in [-0.2, -0.15) is 0 Å². The molecule has 3 nitrogen and oxygen atoms in total. The summed E-state index contributed by atoms with van der Waals surface area (Å²) in [6, 6.07) is 1.49. The maximum atomic E-state index is 3.76. The topological polar surface area (TPSA) is 18.5 Å². The molecular weight excluding hydrogens is 258 g/mol. The lowest BCUT2D eigenvalue weighted by molar-refractivity contribution is 0.204. The normalized spacial score (nSPS) is 26.6. The average molecular weight is 296 g/mol. The minimum absolute atomic E-state index is 0.364. The smallest absolute Gasteiger partial charge is 0.0235 e. The molecule has 2 rings (SSSR count). The van der Waals surface area contributed by atoms with Crippen molar-refractivity contribution in [1.29, 1.82) is 0 Å². The second kappa shape index (κ2) is 7.94. The van der Waals surface area contributed by atoms with Crippen LogP contribution >= 0.6 is 0 Å². The van der Waals surface area contributed by atoms with E-state index in [0.29, 0.717) is 11.5 Å². The molecule has 21 heavy (non-hydrogen) atoms. The number of likely N-dealkylation sites (tertiary alicyclic amines) is 2. The molecule has 0 spiro atoms. The zero-order valence-electron chi connectivity index (χ0n) is 14.8. The van der Waals surface area contributed by atoms with Crippen LogP contribution in [0, 0.1) is 5.41 Å². The molecule has 2 aliphatic heterocycles. The van der Waals surface area contributed by atoms with E-state index in [-0.39, 0.29) is 0 Å². The zero-order valence-corrected chi connectivity index (χ0v) is 14.8. The first kappa shape index (κ1) is 17.2. The second-order valence-electron chi connectivity index (χ2n) is 8.15. The molecule has 2 unspecified atom stereocenters. The molecule has 0 bridgehead atoms. The number of hydrogen-bond acceptors (Lipinski definition) is 3. The molecule has 2 heterocycles. The Balaban J connectivity index is 1.73. The SMILES string of the molecule is CCCNC(CCN1CCC(N2CCCC2)C1)C(C)(C)C. The molecule has 0 radical (unpaired) electrons. The molecule has 0 aromatic carbocycles. The summed E-state index contributed by atoms with van der Waals surface area (Å²) in [5.74, 6) is 0. The van der Waals surface area contributed by atoms with Crippen molar-refractivity contribution in [1.82, 2.24) is 15.1 Å². The van der Waals surface area contributed by atoms with Gasteiger partial charge >= 0.3 is 0 Å². The predicted molar refractivity (Wildman–Crippen MR) is 91.8 cm³/mol. The summed E-state index contributed by atoms with van der Waals surface area (Å²) in [7, 11) is 0. The Kier molecular flexibility index (Phi) is 6.51.